The van der Waals surface area contributed by atoms with Crippen LogP contribution in [-0.4, -0.2) is 44.3 Å². The summed E-state index contributed by atoms with van der Waals surface area (Å²) in [6.07, 6.45) is 0. The van der Waals surface area contributed by atoms with E-state index >= 15 is 0 Å². The zero-order chi connectivity index (χ0) is 27.2. The molecule has 2 amide bonds. The highest BCUT2D eigenvalue weighted by molar-refractivity contribution is 9.10. The van der Waals surface area contributed by atoms with Gasteiger partial charge in [-0.2, -0.15) is 0 Å². The molecule has 0 aromatic heterocycles. The molecule has 196 valence electrons. The first-order chi connectivity index (χ1) is 17.5. The normalized spacial score (nSPS) is 12.0. The van der Waals surface area contributed by atoms with Gasteiger partial charge in [-0.05, 0) is 74.0 Å². The zero-order valence-corrected chi connectivity index (χ0v) is 24.1. The summed E-state index contributed by atoms with van der Waals surface area (Å²) in [5, 5.41) is 3.41. The van der Waals surface area contributed by atoms with E-state index in [0.29, 0.717) is 16.6 Å². The van der Waals surface area contributed by atoms with Crippen molar-refractivity contribution in [2.75, 3.05) is 17.4 Å². The second kappa shape index (κ2) is 12.8. The first-order valence-electron chi connectivity index (χ1n) is 11.4. The maximum absolute atomic E-state index is 13.8. The summed E-state index contributed by atoms with van der Waals surface area (Å²) in [6.45, 7) is 3.33. The molecule has 3 aromatic carbocycles. The van der Waals surface area contributed by atoms with Gasteiger partial charge in [0.2, 0.25) is 11.8 Å². The van der Waals surface area contributed by atoms with Crippen molar-refractivity contribution in [2.45, 2.75) is 31.3 Å². The minimum atomic E-state index is -4.19. The molecule has 0 saturated carbocycles. The largest absolute Gasteiger partial charge is 0.355 e. The summed E-state index contributed by atoms with van der Waals surface area (Å²) in [4.78, 5) is 27.8. The van der Waals surface area contributed by atoms with Gasteiger partial charge in [0.05, 0.1) is 10.6 Å². The van der Waals surface area contributed by atoms with Crippen LogP contribution in [0.15, 0.2) is 82.2 Å². The van der Waals surface area contributed by atoms with Gasteiger partial charge in [-0.15, -0.1) is 0 Å². The second-order valence-corrected chi connectivity index (χ2v) is 11.8. The molecule has 0 bridgehead atoms. The van der Waals surface area contributed by atoms with E-state index in [4.69, 9.17) is 23.2 Å². The second-order valence-electron chi connectivity index (χ2n) is 8.17. The highest BCUT2D eigenvalue weighted by Crippen LogP contribution is 2.27. The number of carbonyl (C=O) groups excluding carboxylic acids is 2. The molecule has 1 unspecified atom stereocenters. The molecule has 0 aliphatic carbocycles. The van der Waals surface area contributed by atoms with Gasteiger partial charge in [0.25, 0.3) is 10.0 Å². The van der Waals surface area contributed by atoms with Crippen molar-refractivity contribution >= 4 is 66.7 Å². The highest BCUT2D eigenvalue weighted by Gasteiger charge is 2.32. The summed E-state index contributed by atoms with van der Waals surface area (Å²) >= 11 is 15.5. The van der Waals surface area contributed by atoms with Crippen molar-refractivity contribution in [3.8, 4) is 0 Å². The topological polar surface area (TPSA) is 86.8 Å². The van der Waals surface area contributed by atoms with Gasteiger partial charge in [-0.3, -0.25) is 13.9 Å². The number of likely N-dealkylation sites (N-methyl/N-ethyl adjacent to an activating group) is 1. The molecular weight excluding hydrogens is 601 g/mol. The van der Waals surface area contributed by atoms with E-state index in [0.717, 1.165) is 14.3 Å². The van der Waals surface area contributed by atoms with E-state index in [1.54, 1.807) is 32.0 Å². The van der Waals surface area contributed by atoms with E-state index in [1.165, 1.54) is 35.2 Å². The first kappa shape index (κ1) is 29.0. The molecule has 37 heavy (non-hydrogen) atoms. The predicted molar refractivity (Wildman–Crippen MR) is 150 cm³/mol. The average molecular weight is 627 g/mol. The quantitative estimate of drug-likeness (QED) is 0.322. The van der Waals surface area contributed by atoms with Crippen molar-refractivity contribution in [2.24, 2.45) is 0 Å². The minimum Gasteiger partial charge on any atom is -0.355 e. The molecule has 7 nitrogen and oxygen atoms in total. The monoisotopic (exact) mass is 625 g/mol. The van der Waals surface area contributed by atoms with Gasteiger partial charge in [0.15, 0.2) is 0 Å². The van der Waals surface area contributed by atoms with E-state index in [2.05, 4.69) is 21.2 Å². The molecule has 3 rings (SSSR count). The lowest BCUT2D eigenvalue weighted by atomic mass is 10.1. The lowest BCUT2D eigenvalue weighted by Crippen LogP contribution is -2.51. The van der Waals surface area contributed by atoms with Crippen LogP contribution in [0.1, 0.15) is 19.4 Å². The van der Waals surface area contributed by atoms with Crippen molar-refractivity contribution in [1.82, 2.24) is 10.2 Å². The third kappa shape index (κ3) is 7.47. The molecule has 1 atom stereocenters. The summed E-state index contributed by atoms with van der Waals surface area (Å²) in [7, 11) is -4.19. The molecule has 0 aliphatic rings. The van der Waals surface area contributed by atoms with Crippen molar-refractivity contribution in [3.05, 3.63) is 92.9 Å². The van der Waals surface area contributed by atoms with E-state index in [1.807, 2.05) is 24.3 Å². The van der Waals surface area contributed by atoms with Crippen LogP contribution >= 0.6 is 39.1 Å². The Hall–Kier alpha value is -2.59. The molecule has 0 fully saturated rings. The Kier molecular flexibility index (Phi) is 10.0. The van der Waals surface area contributed by atoms with Gasteiger partial charge in [-0.25, -0.2) is 8.42 Å². The number of halogens is 3. The smallest absolute Gasteiger partial charge is 0.264 e. The lowest BCUT2D eigenvalue weighted by molar-refractivity contribution is -0.139. The van der Waals surface area contributed by atoms with Gasteiger partial charge in [0, 0.05) is 27.6 Å². The fourth-order valence-corrected chi connectivity index (χ4v) is 5.79. The van der Waals surface area contributed by atoms with Crippen LogP contribution in [0.2, 0.25) is 10.0 Å². The number of nitrogens with one attached hydrogen (secondary N) is 1. The van der Waals surface area contributed by atoms with Crippen molar-refractivity contribution in [3.63, 3.8) is 0 Å². The Bertz CT molecular complexity index is 1370. The fraction of sp³-hybridized carbons (Fsp3) is 0.231. The maximum atomic E-state index is 13.8. The number of sulfonamides is 1. The summed E-state index contributed by atoms with van der Waals surface area (Å²) in [5.74, 6) is -0.906. The fourth-order valence-electron chi connectivity index (χ4n) is 3.63. The molecule has 0 radical (unpaired) electrons. The third-order valence-corrected chi connectivity index (χ3v) is 8.31. The number of hydrogen-bond donors (Lipinski definition) is 1. The average Bonchev–Trinajstić information content (AvgIpc) is 2.85. The van der Waals surface area contributed by atoms with Gasteiger partial charge < -0.3 is 10.2 Å². The van der Waals surface area contributed by atoms with Crippen LogP contribution in [0, 0.1) is 0 Å². The van der Waals surface area contributed by atoms with Crippen LogP contribution in [0.4, 0.5) is 5.69 Å². The Balaban J connectivity index is 2.03. The number of hydrogen-bond acceptors (Lipinski definition) is 4. The minimum absolute atomic E-state index is 0.0417. The Morgan fingerprint density at radius 3 is 2.27 bits per heavy atom. The van der Waals surface area contributed by atoms with Crippen LogP contribution in [0.5, 0.6) is 0 Å². The summed E-state index contributed by atoms with van der Waals surface area (Å²) in [5.41, 5.74) is 0.984. The summed E-state index contributed by atoms with van der Waals surface area (Å²) in [6, 6.07) is 18.4. The molecular formula is C26H26BrCl2N3O4S. The van der Waals surface area contributed by atoms with Crippen molar-refractivity contribution < 1.29 is 18.0 Å². The van der Waals surface area contributed by atoms with Gasteiger partial charge in [0.1, 0.15) is 12.6 Å². The number of amides is 2. The molecule has 1 N–H and O–H groups in total. The Labute approximate surface area is 235 Å². The lowest BCUT2D eigenvalue weighted by Gasteiger charge is -2.32. The highest BCUT2D eigenvalue weighted by atomic mass is 79.9. The molecule has 0 heterocycles. The van der Waals surface area contributed by atoms with Crippen molar-refractivity contribution in [1.29, 1.82) is 0 Å². The molecule has 3 aromatic rings. The summed E-state index contributed by atoms with van der Waals surface area (Å²) < 4.78 is 29.2. The SMILES string of the molecule is CCNC(=O)C(C)N(Cc1cccc(Br)c1)C(=O)CN(c1cccc(Cl)c1)S(=O)(=O)c1ccc(Cl)cc1. The van der Waals surface area contributed by atoms with Crippen LogP contribution in [0.3, 0.4) is 0 Å². The number of anilines is 1. The molecule has 0 spiro atoms. The third-order valence-electron chi connectivity index (χ3n) is 5.54. The first-order valence-corrected chi connectivity index (χ1v) is 14.4. The number of carbonyl (C=O) groups is 2. The van der Waals surface area contributed by atoms with Crippen LogP contribution in [0.25, 0.3) is 0 Å². The van der Waals surface area contributed by atoms with Gasteiger partial charge in [-0.1, -0.05) is 57.3 Å². The maximum Gasteiger partial charge on any atom is 0.264 e. The standard InChI is InChI=1S/C26H26BrCl2N3O4S/c1-3-30-26(34)18(2)31(16-19-6-4-7-20(27)14-19)25(33)17-32(23-9-5-8-22(29)15-23)37(35,36)24-12-10-21(28)11-13-24/h4-15,18H,3,16-17H2,1-2H3,(H,30,34). The molecule has 11 heteroatoms. The Morgan fingerprint density at radius 1 is 0.973 bits per heavy atom. The Morgan fingerprint density at radius 2 is 1.65 bits per heavy atom. The molecule has 0 aliphatic heterocycles. The van der Waals surface area contributed by atoms with Gasteiger partial charge >= 0.3 is 0 Å². The van der Waals surface area contributed by atoms with E-state index in [-0.39, 0.29) is 23.0 Å². The van der Waals surface area contributed by atoms with E-state index in [9.17, 15) is 18.0 Å². The van der Waals surface area contributed by atoms with Crippen LogP contribution < -0.4 is 9.62 Å². The number of rotatable bonds is 10. The number of benzene rings is 3. The number of nitrogens with zero attached hydrogens (tertiary/aromatic N) is 2. The molecule has 0 saturated heterocycles. The van der Waals surface area contributed by atoms with E-state index < -0.39 is 28.5 Å². The van der Waals surface area contributed by atoms with Crippen LogP contribution in [-0.2, 0) is 26.2 Å². The predicted octanol–water partition coefficient (Wildman–Crippen LogP) is 5.50. The zero-order valence-electron chi connectivity index (χ0n) is 20.2.